The first-order valence-corrected chi connectivity index (χ1v) is 5.98. The summed E-state index contributed by atoms with van der Waals surface area (Å²) in [6.45, 7) is 9.95. The lowest BCUT2D eigenvalue weighted by Crippen LogP contribution is -2.35. The van der Waals surface area contributed by atoms with Crippen molar-refractivity contribution in [1.29, 1.82) is 0 Å². The van der Waals surface area contributed by atoms with Crippen molar-refractivity contribution in [2.24, 2.45) is 11.7 Å². The summed E-state index contributed by atoms with van der Waals surface area (Å²) in [6.07, 6.45) is 1.08. The van der Waals surface area contributed by atoms with Crippen LogP contribution in [0.4, 0.5) is 0 Å². The van der Waals surface area contributed by atoms with Crippen molar-refractivity contribution in [2.45, 2.75) is 45.8 Å². The molecule has 1 aliphatic heterocycles. The number of hydrogen-bond acceptors (Lipinski definition) is 4. The van der Waals surface area contributed by atoms with Crippen LogP contribution in [0.3, 0.4) is 0 Å². The minimum Gasteiger partial charge on any atom is -0.459 e. The second-order valence-corrected chi connectivity index (χ2v) is 5.73. The maximum absolute atomic E-state index is 11.6. The van der Waals surface area contributed by atoms with E-state index < -0.39 is 5.60 Å². The molecule has 0 aromatic rings. The molecule has 1 saturated heterocycles. The molecule has 1 heterocycles. The summed E-state index contributed by atoms with van der Waals surface area (Å²) in [5.74, 6) is 0.375. The highest BCUT2D eigenvalue weighted by Crippen LogP contribution is 2.18. The minimum absolute atomic E-state index is 0.141. The Morgan fingerprint density at radius 1 is 1.56 bits per heavy atom. The fourth-order valence-corrected chi connectivity index (χ4v) is 1.99. The SMILES string of the molecule is CC(N)C1CCN(CC(=O)OC(C)(C)C)C1. The molecule has 0 radical (unpaired) electrons. The predicted octanol–water partition coefficient (Wildman–Crippen LogP) is 0.997. The van der Waals surface area contributed by atoms with Crippen LogP contribution in [0.25, 0.3) is 0 Å². The summed E-state index contributed by atoms with van der Waals surface area (Å²) >= 11 is 0. The number of ether oxygens (including phenoxy) is 1. The van der Waals surface area contributed by atoms with Crippen molar-refractivity contribution in [2.75, 3.05) is 19.6 Å². The Morgan fingerprint density at radius 3 is 2.62 bits per heavy atom. The largest absolute Gasteiger partial charge is 0.459 e. The Balaban J connectivity index is 2.32. The average molecular weight is 228 g/mol. The number of carbonyl (C=O) groups is 1. The average Bonchev–Trinajstić information content (AvgIpc) is 2.48. The van der Waals surface area contributed by atoms with Crippen LogP contribution < -0.4 is 5.73 Å². The third kappa shape index (κ3) is 4.49. The molecule has 1 fully saturated rings. The summed E-state index contributed by atoms with van der Waals surface area (Å²) in [4.78, 5) is 13.7. The van der Waals surface area contributed by atoms with Gasteiger partial charge in [0.05, 0.1) is 6.54 Å². The predicted molar refractivity (Wildman–Crippen MR) is 64.0 cm³/mol. The monoisotopic (exact) mass is 228 g/mol. The molecule has 2 unspecified atom stereocenters. The number of nitrogens with two attached hydrogens (primary N) is 1. The smallest absolute Gasteiger partial charge is 0.320 e. The molecule has 2 atom stereocenters. The Labute approximate surface area is 98.1 Å². The van der Waals surface area contributed by atoms with Gasteiger partial charge in [-0.3, -0.25) is 9.69 Å². The van der Waals surface area contributed by atoms with Gasteiger partial charge in [-0.25, -0.2) is 0 Å². The van der Waals surface area contributed by atoms with E-state index in [1.165, 1.54) is 0 Å². The number of hydrogen-bond donors (Lipinski definition) is 1. The number of likely N-dealkylation sites (tertiary alicyclic amines) is 1. The first kappa shape index (κ1) is 13.5. The van der Waals surface area contributed by atoms with Gasteiger partial charge in [-0.15, -0.1) is 0 Å². The molecule has 0 spiro atoms. The van der Waals surface area contributed by atoms with E-state index in [0.717, 1.165) is 19.5 Å². The molecule has 94 valence electrons. The maximum Gasteiger partial charge on any atom is 0.320 e. The van der Waals surface area contributed by atoms with E-state index in [0.29, 0.717) is 12.5 Å². The lowest BCUT2D eigenvalue weighted by Gasteiger charge is -2.22. The van der Waals surface area contributed by atoms with E-state index in [4.69, 9.17) is 10.5 Å². The second-order valence-electron chi connectivity index (χ2n) is 5.73. The van der Waals surface area contributed by atoms with E-state index in [1.54, 1.807) is 0 Å². The van der Waals surface area contributed by atoms with E-state index in [-0.39, 0.29) is 12.0 Å². The standard InChI is InChI=1S/C12H24N2O2/c1-9(13)10-5-6-14(7-10)8-11(15)16-12(2,3)4/h9-10H,5-8,13H2,1-4H3. The topological polar surface area (TPSA) is 55.6 Å². The molecule has 0 aromatic heterocycles. The zero-order chi connectivity index (χ0) is 12.3. The number of esters is 1. The highest BCUT2D eigenvalue weighted by atomic mass is 16.6. The Hall–Kier alpha value is -0.610. The zero-order valence-electron chi connectivity index (χ0n) is 10.8. The molecule has 0 saturated carbocycles. The normalized spacial score (nSPS) is 24.4. The molecule has 0 bridgehead atoms. The molecule has 0 aliphatic carbocycles. The van der Waals surface area contributed by atoms with Crippen molar-refractivity contribution in [1.82, 2.24) is 4.90 Å². The third-order valence-corrected chi connectivity index (χ3v) is 2.83. The van der Waals surface area contributed by atoms with Crippen molar-refractivity contribution in [3.05, 3.63) is 0 Å². The minimum atomic E-state index is -0.391. The van der Waals surface area contributed by atoms with Gasteiger partial charge in [-0.1, -0.05) is 0 Å². The van der Waals surface area contributed by atoms with Gasteiger partial charge in [0, 0.05) is 12.6 Å². The first-order chi connectivity index (χ1) is 7.28. The van der Waals surface area contributed by atoms with Crippen LogP contribution in [-0.2, 0) is 9.53 Å². The van der Waals surface area contributed by atoms with E-state index in [1.807, 2.05) is 27.7 Å². The molecular weight excluding hydrogens is 204 g/mol. The van der Waals surface area contributed by atoms with Crippen LogP contribution >= 0.6 is 0 Å². The molecule has 0 aromatic carbocycles. The van der Waals surface area contributed by atoms with Gasteiger partial charge in [0.2, 0.25) is 0 Å². The number of nitrogens with zero attached hydrogens (tertiary/aromatic N) is 1. The van der Waals surface area contributed by atoms with Crippen LogP contribution in [-0.4, -0.2) is 42.1 Å². The zero-order valence-corrected chi connectivity index (χ0v) is 10.8. The third-order valence-electron chi connectivity index (χ3n) is 2.83. The van der Waals surface area contributed by atoms with Crippen molar-refractivity contribution < 1.29 is 9.53 Å². The fraction of sp³-hybridized carbons (Fsp3) is 0.917. The van der Waals surface area contributed by atoms with Gasteiger partial charge in [-0.2, -0.15) is 0 Å². The van der Waals surface area contributed by atoms with Gasteiger partial charge in [-0.05, 0) is 46.6 Å². The van der Waals surface area contributed by atoms with E-state index in [9.17, 15) is 4.79 Å². The Morgan fingerprint density at radius 2 is 2.19 bits per heavy atom. The molecule has 16 heavy (non-hydrogen) atoms. The van der Waals surface area contributed by atoms with E-state index in [2.05, 4.69) is 4.90 Å². The summed E-state index contributed by atoms with van der Waals surface area (Å²) in [7, 11) is 0. The quantitative estimate of drug-likeness (QED) is 0.732. The van der Waals surface area contributed by atoms with Gasteiger partial charge in [0.1, 0.15) is 5.60 Å². The van der Waals surface area contributed by atoms with E-state index >= 15 is 0 Å². The number of rotatable bonds is 3. The summed E-state index contributed by atoms with van der Waals surface area (Å²) in [5.41, 5.74) is 5.46. The highest BCUT2D eigenvalue weighted by molar-refractivity contribution is 5.72. The Bertz CT molecular complexity index is 246. The van der Waals surface area contributed by atoms with Crippen molar-refractivity contribution >= 4 is 5.97 Å². The lowest BCUT2D eigenvalue weighted by molar-refractivity contribution is -0.155. The summed E-state index contributed by atoms with van der Waals surface area (Å²) in [5, 5.41) is 0. The van der Waals surface area contributed by atoms with Gasteiger partial charge in [0.15, 0.2) is 0 Å². The highest BCUT2D eigenvalue weighted by Gasteiger charge is 2.27. The van der Waals surface area contributed by atoms with Crippen molar-refractivity contribution in [3.63, 3.8) is 0 Å². The van der Waals surface area contributed by atoms with Crippen LogP contribution in [0.5, 0.6) is 0 Å². The molecule has 4 nitrogen and oxygen atoms in total. The van der Waals surface area contributed by atoms with Crippen LogP contribution in [0.1, 0.15) is 34.1 Å². The van der Waals surface area contributed by atoms with Crippen LogP contribution in [0, 0.1) is 5.92 Å². The first-order valence-electron chi connectivity index (χ1n) is 5.98. The molecule has 4 heteroatoms. The molecule has 2 N–H and O–H groups in total. The van der Waals surface area contributed by atoms with Crippen LogP contribution in [0.15, 0.2) is 0 Å². The lowest BCUT2D eigenvalue weighted by atomic mass is 10.0. The molecule has 1 rings (SSSR count). The van der Waals surface area contributed by atoms with Gasteiger partial charge in [0.25, 0.3) is 0 Å². The summed E-state index contributed by atoms with van der Waals surface area (Å²) < 4.78 is 5.28. The summed E-state index contributed by atoms with van der Waals surface area (Å²) in [6, 6.07) is 0.212. The maximum atomic E-state index is 11.6. The van der Waals surface area contributed by atoms with Gasteiger partial charge < -0.3 is 10.5 Å². The molecule has 1 aliphatic rings. The molecule has 0 amide bonds. The van der Waals surface area contributed by atoms with Crippen molar-refractivity contribution in [3.8, 4) is 0 Å². The van der Waals surface area contributed by atoms with Crippen LogP contribution in [0.2, 0.25) is 0 Å². The Kier molecular flexibility index (Phi) is 4.33. The van der Waals surface area contributed by atoms with Gasteiger partial charge >= 0.3 is 5.97 Å². The fourth-order valence-electron chi connectivity index (χ4n) is 1.99. The molecular formula is C12H24N2O2. The second kappa shape index (κ2) is 5.15. The number of carbonyl (C=O) groups excluding carboxylic acids is 1.